The lowest BCUT2D eigenvalue weighted by atomic mass is 10.2. The predicted octanol–water partition coefficient (Wildman–Crippen LogP) is 2.42. The molecule has 1 atom stereocenters. The Kier molecular flexibility index (Phi) is 6.08. The molecule has 3 N–H and O–H groups in total. The summed E-state index contributed by atoms with van der Waals surface area (Å²) in [6.07, 6.45) is 1.44. The van der Waals surface area contributed by atoms with E-state index < -0.39 is 11.9 Å². The zero-order valence-electron chi connectivity index (χ0n) is 12.9. The number of carbonyl (C=O) groups excluding carboxylic acids is 2. The summed E-state index contributed by atoms with van der Waals surface area (Å²) in [5, 5.41) is 15.6. The molecule has 124 valence electrons. The van der Waals surface area contributed by atoms with Crippen LogP contribution in [-0.2, 0) is 4.79 Å². The first-order valence-corrected chi connectivity index (χ1v) is 7.94. The Hall–Kier alpha value is -2.67. The Balaban J connectivity index is 1.89. The van der Waals surface area contributed by atoms with Crippen LogP contribution < -0.4 is 10.7 Å². The van der Waals surface area contributed by atoms with Crippen molar-refractivity contribution in [1.29, 1.82) is 0 Å². The van der Waals surface area contributed by atoms with Crippen molar-refractivity contribution in [3.8, 4) is 5.75 Å². The third-order valence-corrected chi connectivity index (χ3v) is 3.83. The maximum atomic E-state index is 12.1. The molecule has 6 nitrogen and oxygen atoms in total. The van der Waals surface area contributed by atoms with E-state index in [0.29, 0.717) is 10.0 Å². The van der Waals surface area contributed by atoms with E-state index in [4.69, 9.17) is 0 Å². The largest absolute Gasteiger partial charge is 0.508 e. The van der Waals surface area contributed by atoms with Gasteiger partial charge in [0.05, 0.1) is 11.8 Å². The molecule has 0 bridgehead atoms. The second-order valence-corrected chi connectivity index (χ2v) is 5.86. The fraction of sp³-hybridized carbons (Fsp3) is 0.118. The SMILES string of the molecule is CC(NC(=O)c1ccccc1Br)C(=O)N/N=C/c1ccc(O)cc1. The maximum Gasteiger partial charge on any atom is 0.262 e. The molecular formula is C17H16BrN3O3. The Morgan fingerprint density at radius 1 is 1.17 bits per heavy atom. The molecule has 0 radical (unpaired) electrons. The lowest BCUT2D eigenvalue weighted by molar-refractivity contribution is -0.122. The average Bonchev–Trinajstić information content (AvgIpc) is 2.56. The molecule has 2 aromatic rings. The topological polar surface area (TPSA) is 90.8 Å². The first-order valence-electron chi connectivity index (χ1n) is 7.14. The van der Waals surface area contributed by atoms with Crippen LogP contribution in [0, 0.1) is 0 Å². The summed E-state index contributed by atoms with van der Waals surface area (Å²) < 4.78 is 0.653. The fourth-order valence-electron chi connectivity index (χ4n) is 1.81. The number of carbonyl (C=O) groups is 2. The standard InChI is InChI=1S/C17H16BrN3O3/c1-11(20-17(24)14-4-2-3-5-15(14)18)16(23)21-19-10-12-6-8-13(22)9-7-12/h2-11,22H,1H3,(H,20,24)(H,21,23)/b19-10+. The zero-order chi connectivity index (χ0) is 17.5. The molecule has 24 heavy (non-hydrogen) atoms. The summed E-state index contributed by atoms with van der Waals surface area (Å²) in [4.78, 5) is 24.1. The summed E-state index contributed by atoms with van der Waals surface area (Å²) in [7, 11) is 0. The van der Waals surface area contributed by atoms with Gasteiger partial charge < -0.3 is 10.4 Å². The monoisotopic (exact) mass is 389 g/mol. The summed E-state index contributed by atoms with van der Waals surface area (Å²) >= 11 is 3.29. The predicted molar refractivity (Wildman–Crippen MR) is 94.9 cm³/mol. The first-order chi connectivity index (χ1) is 11.5. The van der Waals surface area contributed by atoms with Gasteiger partial charge in [-0.15, -0.1) is 0 Å². The molecule has 0 heterocycles. The van der Waals surface area contributed by atoms with Crippen LogP contribution in [0.25, 0.3) is 0 Å². The van der Waals surface area contributed by atoms with E-state index in [2.05, 4.69) is 31.8 Å². The van der Waals surface area contributed by atoms with E-state index >= 15 is 0 Å². The number of halogens is 1. The van der Waals surface area contributed by atoms with Crippen molar-refractivity contribution in [3.05, 3.63) is 64.1 Å². The molecule has 0 fully saturated rings. The smallest absolute Gasteiger partial charge is 0.262 e. The molecule has 0 saturated carbocycles. The number of rotatable bonds is 5. The maximum absolute atomic E-state index is 12.1. The molecule has 2 amide bonds. The van der Waals surface area contributed by atoms with Gasteiger partial charge in [-0.25, -0.2) is 5.43 Å². The Morgan fingerprint density at radius 3 is 2.50 bits per heavy atom. The lowest BCUT2D eigenvalue weighted by Gasteiger charge is -2.12. The highest BCUT2D eigenvalue weighted by Gasteiger charge is 2.17. The van der Waals surface area contributed by atoms with Gasteiger partial charge in [0.15, 0.2) is 0 Å². The second-order valence-electron chi connectivity index (χ2n) is 5.00. The summed E-state index contributed by atoms with van der Waals surface area (Å²) in [6, 6.07) is 12.6. The van der Waals surface area contributed by atoms with Crippen LogP contribution in [0.15, 0.2) is 58.1 Å². The number of nitrogens with one attached hydrogen (secondary N) is 2. The van der Waals surface area contributed by atoms with Crippen LogP contribution in [0.1, 0.15) is 22.8 Å². The van der Waals surface area contributed by atoms with Crippen LogP contribution in [0.3, 0.4) is 0 Å². The Morgan fingerprint density at radius 2 is 1.83 bits per heavy atom. The van der Waals surface area contributed by atoms with Crippen molar-refractivity contribution in [2.24, 2.45) is 5.10 Å². The fourth-order valence-corrected chi connectivity index (χ4v) is 2.28. The van der Waals surface area contributed by atoms with Gasteiger partial charge in [0.1, 0.15) is 11.8 Å². The van der Waals surface area contributed by atoms with Crippen LogP contribution >= 0.6 is 15.9 Å². The molecule has 2 rings (SSSR count). The molecule has 0 aliphatic rings. The Labute approximate surface area is 147 Å². The molecule has 0 aromatic heterocycles. The molecule has 7 heteroatoms. The second kappa shape index (κ2) is 8.26. The minimum Gasteiger partial charge on any atom is -0.508 e. The van der Waals surface area contributed by atoms with Gasteiger partial charge in [0.2, 0.25) is 0 Å². The quantitative estimate of drug-likeness (QED) is 0.541. The number of benzene rings is 2. The highest BCUT2D eigenvalue weighted by molar-refractivity contribution is 9.10. The summed E-state index contributed by atoms with van der Waals surface area (Å²) in [5.74, 6) is -0.641. The van der Waals surface area contributed by atoms with Crippen LogP contribution in [0.2, 0.25) is 0 Å². The number of hydrogen-bond donors (Lipinski definition) is 3. The number of aromatic hydroxyl groups is 1. The van der Waals surface area contributed by atoms with Crippen LogP contribution in [0.4, 0.5) is 0 Å². The van der Waals surface area contributed by atoms with E-state index in [-0.39, 0.29) is 11.7 Å². The van der Waals surface area contributed by atoms with E-state index in [0.717, 1.165) is 5.56 Å². The van der Waals surface area contributed by atoms with Gasteiger partial charge in [-0.2, -0.15) is 5.10 Å². The van der Waals surface area contributed by atoms with E-state index in [1.165, 1.54) is 18.3 Å². The minimum absolute atomic E-state index is 0.152. The zero-order valence-corrected chi connectivity index (χ0v) is 14.4. The van der Waals surface area contributed by atoms with Crippen molar-refractivity contribution >= 4 is 34.0 Å². The first kappa shape index (κ1) is 17.7. The molecule has 1 unspecified atom stereocenters. The van der Waals surface area contributed by atoms with Crippen molar-refractivity contribution in [3.63, 3.8) is 0 Å². The number of hydrogen-bond acceptors (Lipinski definition) is 4. The third kappa shape index (κ3) is 4.92. The Bertz CT molecular complexity index is 760. The van der Waals surface area contributed by atoms with E-state index in [1.807, 2.05) is 0 Å². The number of phenolic OH excluding ortho intramolecular Hbond substituents is 1. The van der Waals surface area contributed by atoms with Gasteiger partial charge in [-0.1, -0.05) is 12.1 Å². The van der Waals surface area contributed by atoms with Gasteiger partial charge in [-0.05, 0) is 64.8 Å². The van der Waals surface area contributed by atoms with Crippen LogP contribution in [-0.4, -0.2) is 29.2 Å². The van der Waals surface area contributed by atoms with Gasteiger partial charge in [0, 0.05) is 4.47 Å². The number of hydrazone groups is 1. The third-order valence-electron chi connectivity index (χ3n) is 3.14. The van der Waals surface area contributed by atoms with E-state index in [9.17, 15) is 14.7 Å². The number of nitrogens with zero attached hydrogens (tertiary/aromatic N) is 1. The van der Waals surface area contributed by atoms with Crippen molar-refractivity contribution in [2.45, 2.75) is 13.0 Å². The number of amides is 2. The molecule has 0 spiro atoms. The van der Waals surface area contributed by atoms with Crippen molar-refractivity contribution < 1.29 is 14.7 Å². The average molecular weight is 390 g/mol. The summed E-state index contributed by atoms with van der Waals surface area (Å²) in [6.45, 7) is 1.57. The van der Waals surface area contributed by atoms with Crippen LogP contribution in [0.5, 0.6) is 5.75 Å². The molecular weight excluding hydrogens is 374 g/mol. The van der Waals surface area contributed by atoms with Gasteiger partial charge in [-0.3, -0.25) is 9.59 Å². The highest BCUT2D eigenvalue weighted by atomic mass is 79.9. The van der Waals surface area contributed by atoms with Crippen molar-refractivity contribution in [1.82, 2.24) is 10.7 Å². The van der Waals surface area contributed by atoms with E-state index in [1.54, 1.807) is 43.3 Å². The summed E-state index contributed by atoms with van der Waals surface area (Å²) in [5.41, 5.74) is 3.53. The molecule has 0 saturated heterocycles. The van der Waals surface area contributed by atoms with Gasteiger partial charge in [0.25, 0.3) is 11.8 Å². The minimum atomic E-state index is -0.749. The molecule has 2 aromatic carbocycles. The molecule has 0 aliphatic carbocycles. The highest BCUT2D eigenvalue weighted by Crippen LogP contribution is 2.15. The molecule has 0 aliphatic heterocycles. The number of phenols is 1. The normalized spacial score (nSPS) is 11.9. The van der Waals surface area contributed by atoms with Crippen molar-refractivity contribution in [2.75, 3.05) is 0 Å². The lowest BCUT2D eigenvalue weighted by Crippen LogP contribution is -2.43. The van der Waals surface area contributed by atoms with Gasteiger partial charge >= 0.3 is 0 Å².